The fourth-order valence-electron chi connectivity index (χ4n) is 5.67. The Labute approximate surface area is 54.6 Å². The van der Waals surface area contributed by atoms with Crippen molar-refractivity contribution in [1.82, 2.24) is 0 Å². The van der Waals surface area contributed by atoms with Crippen LogP contribution in [0.15, 0.2) is 0 Å². The van der Waals surface area contributed by atoms with Crippen molar-refractivity contribution in [2.75, 3.05) is 0 Å². The molecule has 0 unspecified atom stereocenters. The Morgan fingerprint density at radius 3 is 1.44 bits per heavy atom. The summed E-state index contributed by atoms with van der Waals surface area (Å²) < 4.78 is 0. The first-order valence-electron chi connectivity index (χ1n) is 4.22. The third-order valence-electron chi connectivity index (χ3n) is 5.68. The van der Waals surface area contributed by atoms with E-state index in [-0.39, 0.29) is 0 Å². The van der Waals surface area contributed by atoms with Crippen LogP contribution in [0.2, 0.25) is 0 Å². The van der Waals surface area contributed by atoms with Crippen LogP contribution in [-0.2, 0) is 0 Å². The SMILES string of the molecule is [CH2+]C12C3C4C5C3C1C5C42. The summed E-state index contributed by atoms with van der Waals surface area (Å²) in [5.74, 6) is 8.49. The lowest BCUT2D eigenvalue weighted by Gasteiger charge is -3.03. The van der Waals surface area contributed by atoms with Gasteiger partial charge in [0.05, 0.1) is 6.92 Å². The van der Waals surface area contributed by atoms with Gasteiger partial charge in [0.2, 0.25) is 0 Å². The summed E-state index contributed by atoms with van der Waals surface area (Å²) >= 11 is 0. The van der Waals surface area contributed by atoms with Gasteiger partial charge in [-0.15, -0.1) is 0 Å². The second kappa shape index (κ2) is 0.514. The fraction of sp³-hybridized carbons (Fsp3) is 0.889. The molecule has 44 valence electrons. The molecule has 0 aromatic carbocycles. The average molecular weight is 117 g/mol. The summed E-state index contributed by atoms with van der Waals surface area (Å²) in [6.45, 7) is 4.37. The van der Waals surface area contributed by atoms with Gasteiger partial charge >= 0.3 is 0 Å². The highest BCUT2D eigenvalue weighted by atomic mass is 15.1. The van der Waals surface area contributed by atoms with Gasteiger partial charge in [-0.25, -0.2) is 0 Å². The van der Waals surface area contributed by atoms with E-state index in [9.17, 15) is 0 Å². The van der Waals surface area contributed by atoms with Crippen molar-refractivity contribution >= 4 is 0 Å². The maximum absolute atomic E-state index is 4.37. The number of hydrogen-bond donors (Lipinski definition) is 0. The van der Waals surface area contributed by atoms with Crippen LogP contribution in [-0.4, -0.2) is 0 Å². The van der Waals surface area contributed by atoms with Gasteiger partial charge in [-0.2, -0.15) is 0 Å². The largest absolute Gasteiger partial charge is 0.115 e. The molecule has 0 heterocycles. The molecule has 6 saturated carbocycles. The lowest BCUT2D eigenvalue weighted by atomic mass is 8.97. The van der Waals surface area contributed by atoms with Gasteiger partial charge in [0.15, 0.2) is 0 Å². The molecule has 6 aliphatic carbocycles. The van der Waals surface area contributed by atoms with E-state index in [1.807, 2.05) is 0 Å². The Kier molecular flexibility index (Phi) is 0.190. The highest BCUT2D eigenvalue weighted by Crippen LogP contribution is 3.05. The van der Waals surface area contributed by atoms with Gasteiger partial charge in [-0.05, 0) is 23.7 Å². The van der Waals surface area contributed by atoms with E-state index in [0.717, 1.165) is 5.41 Å². The summed E-state index contributed by atoms with van der Waals surface area (Å²) in [4.78, 5) is 0. The first kappa shape index (κ1) is 3.32. The van der Waals surface area contributed by atoms with Gasteiger partial charge in [0.1, 0.15) is 5.41 Å². The van der Waals surface area contributed by atoms with E-state index in [4.69, 9.17) is 0 Å². The van der Waals surface area contributed by atoms with Gasteiger partial charge < -0.3 is 0 Å². The first-order chi connectivity index (χ1) is 4.37. The van der Waals surface area contributed by atoms with Crippen molar-refractivity contribution in [3.05, 3.63) is 6.92 Å². The molecule has 0 nitrogen and oxygen atoms in total. The molecule has 0 aliphatic heterocycles. The van der Waals surface area contributed by atoms with E-state index in [2.05, 4.69) is 6.92 Å². The quantitative estimate of drug-likeness (QED) is 0.418. The Morgan fingerprint density at radius 2 is 1.22 bits per heavy atom. The third-order valence-corrected chi connectivity index (χ3v) is 5.68. The minimum atomic E-state index is 0.717. The Balaban J connectivity index is 1.93. The molecule has 0 radical (unpaired) electrons. The summed E-state index contributed by atoms with van der Waals surface area (Å²) in [7, 11) is 0. The second-order valence-electron chi connectivity index (χ2n) is 5.00. The molecule has 0 bridgehead atoms. The molecule has 9 heavy (non-hydrogen) atoms. The van der Waals surface area contributed by atoms with Crippen LogP contribution < -0.4 is 0 Å². The first-order valence-corrected chi connectivity index (χ1v) is 4.22. The molecule has 0 spiro atoms. The van der Waals surface area contributed by atoms with Crippen molar-refractivity contribution in [2.24, 2.45) is 46.8 Å². The highest BCUT2D eigenvalue weighted by Gasteiger charge is 3.06. The molecule has 0 aromatic rings. The van der Waals surface area contributed by atoms with Crippen LogP contribution in [0.4, 0.5) is 0 Å². The minimum Gasteiger partial charge on any atom is -0.0301 e. The van der Waals surface area contributed by atoms with Gasteiger partial charge in [0.25, 0.3) is 0 Å². The monoisotopic (exact) mass is 117 g/mol. The lowest BCUT2D eigenvalue weighted by molar-refractivity contribution is -0.600. The minimum absolute atomic E-state index is 0.717. The van der Waals surface area contributed by atoms with Crippen LogP contribution in [0.5, 0.6) is 0 Å². The smallest absolute Gasteiger partial charge is 0.0301 e. The molecule has 6 fully saturated rings. The predicted octanol–water partition coefficient (Wildman–Crippen LogP) is 1.19. The Morgan fingerprint density at radius 1 is 0.778 bits per heavy atom. The van der Waals surface area contributed by atoms with E-state index in [0.29, 0.717) is 0 Å². The van der Waals surface area contributed by atoms with Gasteiger partial charge in [-0.1, -0.05) is 0 Å². The highest BCUT2D eigenvalue weighted by molar-refractivity contribution is 5.50. The van der Waals surface area contributed by atoms with Crippen LogP contribution in [0, 0.1) is 53.8 Å². The van der Waals surface area contributed by atoms with Crippen molar-refractivity contribution in [2.45, 2.75) is 0 Å². The average Bonchev–Trinajstić information content (AvgIpc) is 1.88. The van der Waals surface area contributed by atoms with E-state index in [1.54, 1.807) is 0 Å². The molecule has 6 rings (SSSR count). The van der Waals surface area contributed by atoms with Crippen LogP contribution in [0.1, 0.15) is 0 Å². The summed E-state index contributed by atoms with van der Waals surface area (Å²) in [6, 6.07) is 0. The normalized spacial score (nSPS) is 106. The van der Waals surface area contributed by atoms with Crippen molar-refractivity contribution in [3.63, 3.8) is 0 Å². The molecule has 0 atom stereocenters. The van der Waals surface area contributed by atoms with Gasteiger partial charge in [0, 0.05) is 17.8 Å². The Hall–Kier alpha value is -0.130. The molecule has 0 aromatic heterocycles. The second-order valence-corrected chi connectivity index (χ2v) is 5.00. The maximum atomic E-state index is 4.37. The molecule has 0 heteroatoms. The van der Waals surface area contributed by atoms with Crippen LogP contribution in [0.3, 0.4) is 0 Å². The van der Waals surface area contributed by atoms with Crippen LogP contribution in [0.25, 0.3) is 0 Å². The summed E-state index contributed by atoms with van der Waals surface area (Å²) in [6.07, 6.45) is 0. The molecule has 6 aliphatic rings. The molecule has 0 N–H and O–H groups in total. The molecule has 0 saturated heterocycles. The van der Waals surface area contributed by atoms with Gasteiger partial charge in [-0.3, -0.25) is 0 Å². The Bertz CT molecular complexity index is 202. The van der Waals surface area contributed by atoms with Crippen molar-refractivity contribution in [1.29, 1.82) is 0 Å². The van der Waals surface area contributed by atoms with E-state index >= 15 is 0 Å². The fourth-order valence-corrected chi connectivity index (χ4v) is 5.67. The van der Waals surface area contributed by atoms with Crippen molar-refractivity contribution in [3.8, 4) is 0 Å². The topological polar surface area (TPSA) is 0 Å². The lowest BCUT2D eigenvalue weighted by Crippen LogP contribution is -3.04. The summed E-state index contributed by atoms with van der Waals surface area (Å²) in [5.41, 5.74) is 0.717. The van der Waals surface area contributed by atoms with Crippen LogP contribution >= 0.6 is 0 Å². The standard InChI is InChI=1S/C9H9/c1-9-6-3-2-4(6)8(9)5(2)7(3)9/h2-8H,1H2/q+1. The number of hydrogen-bond acceptors (Lipinski definition) is 0. The van der Waals surface area contributed by atoms with E-state index < -0.39 is 0 Å². The molecular weight excluding hydrogens is 108 g/mol. The molecule has 0 amide bonds. The third kappa shape index (κ3) is 0.0934. The zero-order chi connectivity index (χ0) is 5.54. The van der Waals surface area contributed by atoms with E-state index in [1.165, 1.54) is 41.4 Å². The predicted molar refractivity (Wildman–Crippen MR) is 32.2 cm³/mol. The number of rotatable bonds is 0. The zero-order valence-corrected chi connectivity index (χ0v) is 5.25. The molecular formula is C9H9+. The summed E-state index contributed by atoms with van der Waals surface area (Å²) in [5, 5.41) is 0. The zero-order valence-electron chi connectivity index (χ0n) is 5.25. The van der Waals surface area contributed by atoms with Crippen molar-refractivity contribution < 1.29 is 0 Å². The maximum Gasteiger partial charge on any atom is 0.115 e.